The smallest absolute Gasteiger partial charge is 0.118 e. The maximum absolute atomic E-state index is 5.68. The zero-order chi connectivity index (χ0) is 10.7. The van der Waals surface area contributed by atoms with Crippen molar-refractivity contribution in [2.24, 2.45) is 16.7 Å². The number of anilines is 2. The molecule has 1 rings (SSSR count). The van der Waals surface area contributed by atoms with Crippen molar-refractivity contribution in [2.45, 2.75) is 13.8 Å². The van der Waals surface area contributed by atoms with Gasteiger partial charge in [0, 0.05) is 5.69 Å². The van der Waals surface area contributed by atoms with E-state index in [4.69, 9.17) is 17.3 Å². The average molecular weight is 193 g/mol. The minimum atomic E-state index is 0.398. The number of nitrogen functional groups attached to an aromatic ring is 1. The Morgan fingerprint density at radius 2 is 2.07 bits per heavy atom. The van der Waals surface area contributed by atoms with Crippen LogP contribution in [0.4, 0.5) is 11.4 Å². The van der Waals surface area contributed by atoms with Crippen LogP contribution in [0.1, 0.15) is 12.5 Å². The van der Waals surface area contributed by atoms with E-state index in [0.717, 1.165) is 11.3 Å². The van der Waals surface area contributed by atoms with Crippen molar-refractivity contribution >= 4 is 17.2 Å². The van der Waals surface area contributed by atoms with Crippen molar-refractivity contribution in [1.82, 2.24) is 0 Å². The number of hydrazone groups is 1. The van der Waals surface area contributed by atoms with Gasteiger partial charge in [-0.15, -0.1) is 5.10 Å². The molecule has 0 aliphatic carbocycles. The number of nitrogens with two attached hydrogens (primary N) is 3. The highest BCUT2D eigenvalue weighted by Crippen LogP contribution is 2.20. The van der Waals surface area contributed by atoms with Gasteiger partial charge in [-0.1, -0.05) is 6.07 Å². The first kappa shape index (κ1) is 10.3. The second-order valence-corrected chi connectivity index (χ2v) is 3.13. The van der Waals surface area contributed by atoms with Gasteiger partial charge in [-0.05, 0) is 31.5 Å². The Balaban J connectivity index is 3.05. The minimum Gasteiger partial charge on any atom is -0.399 e. The first-order valence-corrected chi connectivity index (χ1v) is 4.22. The number of hydrazine groups is 1. The normalized spacial score (nSPS) is 11.5. The molecule has 1 aromatic carbocycles. The Labute approximate surface area is 83.1 Å². The molecule has 0 fully saturated rings. The van der Waals surface area contributed by atoms with Gasteiger partial charge < -0.3 is 11.5 Å². The fourth-order valence-electron chi connectivity index (χ4n) is 1.10. The summed E-state index contributed by atoms with van der Waals surface area (Å²) in [5.41, 5.74) is 13.4. The number of hydrogen-bond donors (Lipinski definition) is 3. The highest BCUT2D eigenvalue weighted by Gasteiger charge is 2.04. The molecule has 6 N–H and O–H groups in total. The van der Waals surface area contributed by atoms with E-state index >= 15 is 0 Å². The Morgan fingerprint density at radius 3 is 2.64 bits per heavy atom. The molecule has 0 spiro atoms. The summed E-state index contributed by atoms with van der Waals surface area (Å²) < 4.78 is 0. The van der Waals surface area contributed by atoms with Crippen LogP contribution in [0, 0.1) is 6.92 Å². The summed E-state index contributed by atoms with van der Waals surface area (Å²) in [6, 6.07) is 5.44. The second-order valence-electron chi connectivity index (χ2n) is 3.13. The van der Waals surface area contributed by atoms with Gasteiger partial charge in [-0.3, -0.25) is 0 Å². The van der Waals surface area contributed by atoms with Crippen molar-refractivity contribution in [1.29, 1.82) is 0 Å². The summed E-state index contributed by atoms with van der Waals surface area (Å²) in [5.74, 6) is 6.07. The minimum absolute atomic E-state index is 0.398. The predicted molar refractivity (Wildman–Crippen MR) is 59.6 cm³/mol. The molecule has 0 aromatic heterocycles. The van der Waals surface area contributed by atoms with E-state index in [2.05, 4.69) is 5.10 Å². The van der Waals surface area contributed by atoms with Crippen LogP contribution in [-0.4, -0.2) is 5.84 Å². The molecule has 1 aromatic rings. The molecule has 5 nitrogen and oxygen atoms in total. The fourth-order valence-corrected chi connectivity index (χ4v) is 1.10. The second kappa shape index (κ2) is 3.97. The van der Waals surface area contributed by atoms with E-state index in [1.807, 2.05) is 19.1 Å². The topological polar surface area (TPSA) is 93.7 Å². The Morgan fingerprint density at radius 1 is 1.43 bits per heavy atom. The molecule has 0 amide bonds. The number of rotatable bonds is 2. The average Bonchev–Trinajstić information content (AvgIpc) is 2.08. The van der Waals surface area contributed by atoms with Gasteiger partial charge in [0.1, 0.15) is 5.84 Å². The highest BCUT2D eigenvalue weighted by molar-refractivity contribution is 5.78. The summed E-state index contributed by atoms with van der Waals surface area (Å²) in [7, 11) is 0. The number of amidine groups is 1. The number of hydrogen-bond acceptors (Lipinski definition) is 4. The summed E-state index contributed by atoms with van der Waals surface area (Å²) in [6.45, 7) is 3.59. The molecule has 0 aliphatic heterocycles. The Hall–Kier alpha value is -1.75. The van der Waals surface area contributed by atoms with E-state index in [-0.39, 0.29) is 0 Å². The molecule has 0 saturated carbocycles. The molecule has 0 aliphatic rings. The van der Waals surface area contributed by atoms with Crippen molar-refractivity contribution in [3.8, 4) is 0 Å². The van der Waals surface area contributed by atoms with Gasteiger partial charge in [-0.25, -0.2) is 5.84 Å². The molecule has 76 valence electrons. The van der Waals surface area contributed by atoms with E-state index in [1.165, 1.54) is 5.12 Å². The van der Waals surface area contributed by atoms with Crippen molar-refractivity contribution < 1.29 is 0 Å². The third kappa shape index (κ3) is 2.37. The third-order valence-electron chi connectivity index (χ3n) is 1.75. The van der Waals surface area contributed by atoms with Gasteiger partial charge in [0.15, 0.2) is 0 Å². The van der Waals surface area contributed by atoms with Crippen molar-refractivity contribution in [3.63, 3.8) is 0 Å². The number of nitrogens with zero attached hydrogens (tertiary/aromatic N) is 2. The fraction of sp³-hybridized carbons (Fsp3) is 0.222. The molecule has 0 radical (unpaired) electrons. The SMILES string of the molecule is C/C(N)=N/N(N)c1cc(N)ccc1C. The number of aryl methyl sites for hydroxylation is 1. The lowest BCUT2D eigenvalue weighted by Crippen LogP contribution is -2.28. The predicted octanol–water partition coefficient (Wildman–Crippen LogP) is 0.549. The zero-order valence-electron chi connectivity index (χ0n) is 8.36. The Bertz CT molecular complexity index is 354. The van der Waals surface area contributed by atoms with Gasteiger partial charge in [-0.2, -0.15) is 5.12 Å². The third-order valence-corrected chi connectivity index (χ3v) is 1.75. The van der Waals surface area contributed by atoms with Gasteiger partial charge in [0.25, 0.3) is 0 Å². The van der Waals surface area contributed by atoms with Crippen LogP contribution in [0.25, 0.3) is 0 Å². The lowest BCUT2D eigenvalue weighted by molar-refractivity contribution is 0.915. The van der Waals surface area contributed by atoms with Crippen LogP contribution in [-0.2, 0) is 0 Å². The largest absolute Gasteiger partial charge is 0.399 e. The van der Waals surface area contributed by atoms with E-state index < -0.39 is 0 Å². The number of benzene rings is 1. The Kier molecular flexibility index (Phi) is 2.93. The summed E-state index contributed by atoms with van der Waals surface area (Å²) >= 11 is 0. The van der Waals surface area contributed by atoms with Crippen LogP contribution in [0.3, 0.4) is 0 Å². The monoisotopic (exact) mass is 193 g/mol. The summed E-state index contributed by atoms with van der Waals surface area (Å²) in [6.07, 6.45) is 0. The maximum atomic E-state index is 5.68. The van der Waals surface area contributed by atoms with Gasteiger partial charge in [0.05, 0.1) is 5.69 Å². The molecule has 14 heavy (non-hydrogen) atoms. The van der Waals surface area contributed by atoms with Crippen LogP contribution < -0.4 is 22.4 Å². The van der Waals surface area contributed by atoms with E-state index in [0.29, 0.717) is 11.5 Å². The maximum Gasteiger partial charge on any atom is 0.118 e. The van der Waals surface area contributed by atoms with Crippen molar-refractivity contribution in [2.75, 3.05) is 10.9 Å². The quantitative estimate of drug-likeness (QED) is 0.210. The van der Waals surface area contributed by atoms with E-state index in [9.17, 15) is 0 Å². The van der Waals surface area contributed by atoms with Crippen molar-refractivity contribution in [3.05, 3.63) is 23.8 Å². The molecule has 0 saturated heterocycles. The lowest BCUT2D eigenvalue weighted by Gasteiger charge is -2.15. The molecular formula is C9H15N5. The van der Waals surface area contributed by atoms with E-state index in [1.54, 1.807) is 13.0 Å². The first-order valence-electron chi connectivity index (χ1n) is 4.22. The highest BCUT2D eigenvalue weighted by atomic mass is 15.6. The van der Waals surface area contributed by atoms with Gasteiger partial charge >= 0.3 is 0 Å². The van der Waals surface area contributed by atoms with Crippen LogP contribution >= 0.6 is 0 Å². The first-order chi connectivity index (χ1) is 6.50. The summed E-state index contributed by atoms with van der Waals surface area (Å²) in [5, 5.41) is 5.12. The zero-order valence-corrected chi connectivity index (χ0v) is 8.36. The van der Waals surface area contributed by atoms with Crippen LogP contribution in [0.2, 0.25) is 0 Å². The van der Waals surface area contributed by atoms with Crippen LogP contribution in [0.5, 0.6) is 0 Å². The molecular weight excluding hydrogens is 178 g/mol. The molecule has 0 bridgehead atoms. The lowest BCUT2D eigenvalue weighted by atomic mass is 10.2. The van der Waals surface area contributed by atoms with Crippen LogP contribution in [0.15, 0.2) is 23.3 Å². The molecule has 0 atom stereocenters. The van der Waals surface area contributed by atoms with Gasteiger partial charge in [0.2, 0.25) is 0 Å². The molecule has 0 unspecified atom stereocenters. The standard InChI is InChI=1S/C9H15N5/c1-6-3-4-8(11)5-9(6)14(12)13-7(2)10/h3-5H,11-12H2,1-2H3,(H2,10,13). The molecule has 0 heterocycles. The molecule has 5 heteroatoms. The summed E-state index contributed by atoms with van der Waals surface area (Å²) in [4.78, 5) is 0.